The van der Waals surface area contributed by atoms with Gasteiger partial charge in [-0.05, 0) is 43.5 Å². The first kappa shape index (κ1) is 20.9. The Morgan fingerprint density at radius 3 is 2.62 bits per heavy atom. The summed E-state index contributed by atoms with van der Waals surface area (Å²) in [6.07, 6.45) is 0.989. The van der Waals surface area contributed by atoms with Crippen molar-refractivity contribution in [2.45, 2.75) is 40.0 Å². The second-order valence-electron chi connectivity index (χ2n) is 6.91. The van der Waals surface area contributed by atoms with E-state index in [2.05, 4.69) is 68.5 Å². The molecule has 0 bridgehead atoms. The summed E-state index contributed by atoms with van der Waals surface area (Å²) < 4.78 is 7.84. The van der Waals surface area contributed by atoms with Gasteiger partial charge in [-0.1, -0.05) is 36.4 Å². The SMILES string of the molecule is CCOCc1ccccc1CNC(=NC)NCCCn1c(C)nc2ccccc21. The molecule has 0 spiro atoms. The highest BCUT2D eigenvalue weighted by Crippen LogP contribution is 2.15. The third kappa shape index (κ3) is 5.57. The van der Waals surface area contributed by atoms with Crippen molar-refractivity contribution < 1.29 is 4.74 Å². The Labute approximate surface area is 173 Å². The van der Waals surface area contributed by atoms with E-state index in [0.29, 0.717) is 13.2 Å². The number of hydrogen-bond acceptors (Lipinski definition) is 3. The number of ether oxygens (including phenoxy) is 1. The molecule has 6 heteroatoms. The number of benzene rings is 2. The van der Waals surface area contributed by atoms with Crippen molar-refractivity contribution in [1.82, 2.24) is 20.2 Å². The summed E-state index contributed by atoms with van der Waals surface area (Å²) in [6, 6.07) is 16.6. The summed E-state index contributed by atoms with van der Waals surface area (Å²) in [5, 5.41) is 6.81. The summed E-state index contributed by atoms with van der Waals surface area (Å²) >= 11 is 0. The number of aliphatic imine (C=N–C) groups is 1. The molecular weight excluding hydrogens is 362 g/mol. The molecule has 0 aliphatic rings. The average Bonchev–Trinajstić information content (AvgIpc) is 3.07. The van der Waals surface area contributed by atoms with Gasteiger partial charge in [-0.15, -0.1) is 0 Å². The van der Waals surface area contributed by atoms with Crippen LogP contribution >= 0.6 is 0 Å². The maximum absolute atomic E-state index is 5.57. The lowest BCUT2D eigenvalue weighted by molar-refractivity contribution is 0.133. The van der Waals surface area contributed by atoms with Gasteiger partial charge in [0.05, 0.1) is 17.6 Å². The average molecular weight is 394 g/mol. The molecule has 0 saturated carbocycles. The lowest BCUT2D eigenvalue weighted by Crippen LogP contribution is -2.37. The van der Waals surface area contributed by atoms with Crippen LogP contribution in [0, 0.1) is 6.92 Å². The van der Waals surface area contributed by atoms with Crippen LogP contribution in [0.4, 0.5) is 0 Å². The fraction of sp³-hybridized carbons (Fsp3) is 0.391. The van der Waals surface area contributed by atoms with Gasteiger partial charge in [-0.25, -0.2) is 4.98 Å². The van der Waals surface area contributed by atoms with E-state index in [9.17, 15) is 0 Å². The maximum Gasteiger partial charge on any atom is 0.191 e. The molecule has 0 unspecified atom stereocenters. The van der Waals surface area contributed by atoms with E-state index in [4.69, 9.17) is 4.74 Å². The summed E-state index contributed by atoms with van der Waals surface area (Å²) in [4.78, 5) is 8.97. The number of para-hydroxylation sites is 2. The van der Waals surface area contributed by atoms with Gasteiger partial charge in [0, 0.05) is 33.3 Å². The van der Waals surface area contributed by atoms with E-state index in [-0.39, 0.29) is 0 Å². The van der Waals surface area contributed by atoms with Crippen LogP contribution < -0.4 is 10.6 Å². The quantitative estimate of drug-likeness (QED) is 0.331. The van der Waals surface area contributed by atoms with E-state index >= 15 is 0 Å². The second kappa shape index (κ2) is 10.6. The Bertz CT molecular complexity index is 947. The molecule has 1 heterocycles. The number of aromatic nitrogens is 2. The fourth-order valence-electron chi connectivity index (χ4n) is 3.40. The Balaban J connectivity index is 1.48. The lowest BCUT2D eigenvalue weighted by atomic mass is 10.1. The lowest BCUT2D eigenvalue weighted by Gasteiger charge is -2.14. The van der Waals surface area contributed by atoms with Crippen molar-refractivity contribution >= 4 is 17.0 Å². The highest BCUT2D eigenvalue weighted by atomic mass is 16.5. The summed E-state index contributed by atoms with van der Waals surface area (Å²) in [5.74, 6) is 1.86. The Kier molecular flexibility index (Phi) is 7.64. The number of hydrogen-bond donors (Lipinski definition) is 2. The molecule has 0 radical (unpaired) electrons. The van der Waals surface area contributed by atoms with Gasteiger partial charge < -0.3 is 19.9 Å². The molecule has 2 aromatic carbocycles. The topological polar surface area (TPSA) is 63.5 Å². The van der Waals surface area contributed by atoms with E-state index in [0.717, 1.165) is 43.4 Å². The normalized spacial score (nSPS) is 11.8. The minimum Gasteiger partial charge on any atom is -0.377 e. The standard InChI is InChI=1S/C23H31N5O/c1-4-29-17-20-11-6-5-10-19(20)16-26-23(24-3)25-14-9-15-28-18(2)27-21-12-7-8-13-22(21)28/h5-8,10-13H,4,9,14-17H2,1-3H3,(H2,24,25,26). The van der Waals surface area contributed by atoms with Gasteiger partial charge in [-0.3, -0.25) is 4.99 Å². The molecule has 1 aromatic heterocycles. The number of guanidine groups is 1. The number of nitrogens with one attached hydrogen (secondary N) is 2. The van der Waals surface area contributed by atoms with Crippen LogP contribution in [-0.4, -0.2) is 35.7 Å². The summed E-state index contributed by atoms with van der Waals surface area (Å²) in [7, 11) is 1.80. The first-order chi connectivity index (χ1) is 14.2. The molecule has 0 aliphatic carbocycles. The van der Waals surface area contributed by atoms with Gasteiger partial charge in [-0.2, -0.15) is 0 Å². The molecule has 2 N–H and O–H groups in total. The Hall–Kier alpha value is -2.86. The van der Waals surface area contributed by atoms with E-state index in [1.54, 1.807) is 7.05 Å². The zero-order valence-electron chi connectivity index (χ0n) is 17.6. The molecule has 0 fully saturated rings. The van der Waals surface area contributed by atoms with Crippen molar-refractivity contribution in [3.63, 3.8) is 0 Å². The van der Waals surface area contributed by atoms with Crippen molar-refractivity contribution in [2.24, 2.45) is 4.99 Å². The number of nitrogens with zero attached hydrogens (tertiary/aromatic N) is 3. The first-order valence-electron chi connectivity index (χ1n) is 10.2. The van der Waals surface area contributed by atoms with E-state index < -0.39 is 0 Å². The molecular formula is C23H31N5O. The highest BCUT2D eigenvalue weighted by Gasteiger charge is 2.07. The van der Waals surface area contributed by atoms with Gasteiger partial charge >= 0.3 is 0 Å². The number of aryl methyl sites for hydroxylation is 2. The Morgan fingerprint density at radius 2 is 1.83 bits per heavy atom. The molecule has 3 aromatic rings. The smallest absolute Gasteiger partial charge is 0.191 e. The number of fused-ring (bicyclic) bond motifs is 1. The van der Waals surface area contributed by atoms with Gasteiger partial charge in [0.15, 0.2) is 5.96 Å². The molecule has 154 valence electrons. The van der Waals surface area contributed by atoms with Gasteiger partial charge in [0.25, 0.3) is 0 Å². The third-order valence-electron chi connectivity index (χ3n) is 4.95. The van der Waals surface area contributed by atoms with Crippen LogP contribution in [-0.2, 0) is 24.4 Å². The van der Waals surface area contributed by atoms with E-state index in [1.165, 1.54) is 16.6 Å². The zero-order chi connectivity index (χ0) is 20.5. The first-order valence-corrected chi connectivity index (χ1v) is 10.2. The van der Waals surface area contributed by atoms with Crippen molar-refractivity contribution in [1.29, 1.82) is 0 Å². The summed E-state index contributed by atoms with van der Waals surface area (Å²) in [6.45, 7) is 7.91. The summed E-state index contributed by atoms with van der Waals surface area (Å²) in [5.41, 5.74) is 4.68. The fourth-order valence-corrected chi connectivity index (χ4v) is 3.40. The van der Waals surface area contributed by atoms with Gasteiger partial charge in [0.1, 0.15) is 5.82 Å². The van der Waals surface area contributed by atoms with Crippen LogP contribution in [0.2, 0.25) is 0 Å². The van der Waals surface area contributed by atoms with Crippen LogP contribution in [0.1, 0.15) is 30.3 Å². The third-order valence-corrected chi connectivity index (χ3v) is 4.95. The molecule has 6 nitrogen and oxygen atoms in total. The predicted octanol–water partition coefficient (Wildman–Crippen LogP) is 3.64. The number of imidazole rings is 1. The van der Waals surface area contributed by atoms with Crippen LogP contribution in [0.5, 0.6) is 0 Å². The van der Waals surface area contributed by atoms with Crippen molar-refractivity contribution in [3.8, 4) is 0 Å². The largest absolute Gasteiger partial charge is 0.377 e. The zero-order valence-corrected chi connectivity index (χ0v) is 17.6. The molecule has 3 rings (SSSR count). The predicted molar refractivity (Wildman–Crippen MR) is 119 cm³/mol. The number of rotatable bonds is 9. The minimum atomic E-state index is 0.637. The van der Waals surface area contributed by atoms with Crippen LogP contribution in [0.3, 0.4) is 0 Å². The highest BCUT2D eigenvalue weighted by molar-refractivity contribution is 5.79. The monoisotopic (exact) mass is 393 g/mol. The molecule has 0 aliphatic heterocycles. The van der Waals surface area contributed by atoms with Gasteiger partial charge in [0.2, 0.25) is 0 Å². The minimum absolute atomic E-state index is 0.637. The molecule has 0 atom stereocenters. The van der Waals surface area contributed by atoms with Crippen LogP contribution in [0.15, 0.2) is 53.5 Å². The maximum atomic E-state index is 5.57. The molecule has 0 amide bonds. The molecule has 0 saturated heterocycles. The molecule has 29 heavy (non-hydrogen) atoms. The van der Waals surface area contributed by atoms with Crippen molar-refractivity contribution in [3.05, 3.63) is 65.5 Å². The second-order valence-corrected chi connectivity index (χ2v) is 6.91. The van der Waals surface area contributed by atoms with E-state index in [1.807, 2.05) is 19.1 Å². The van der Waals surface area contributed by atoms with Crippen molar-refractivity contribution in [2.75, 3.05) is 20.2 Å². The van der Waals surface area contributed by atoms with Crippen LogP contribution in [0.25, 0.3) is 11.0 Å². The Morgan fingerprint density at radius 1 is 1.07 bits per heavy atom.